The second-order valence-electron chi connectivity index (χ2n) is 4.44. The van der Waals surface area contributed by atoms with Gasteiger partial charge in [-0.2, -0.15) is 10.2 Å². The Bertz CT molecular complexity index is 573. The van der Waals surface area contributed by atoms with Crippen LogP contribution in [-0.2, 0) is 27.2 Å². The molecule has 0 aliphatic rings. The lowest BCUT2D eigenvalue weighted by Gasteiger charge is -2.11. The topological polar surface area (TPSA) is 72.1 Å². The Labute approximate surface area is 141 Å². The maximum absolute atomic E-state index is 4.55. The molecule has 2 heterocycles. The summed E-state index contributed by atoms with van der Waals surface area (Å²) in [6, 6.07) is 3.95. The van der Waals surface area contributed by atoms with Crippen LogP contribution in [0.15, 0.2) is 29.5 Å². The van der Waals surface area contributed by atoms with Crippen LogP contribution in [-0.4, -0.2) is 32.1 Å². The average molecular weight is 403 g/mol. The van der Waals surface area contributed by atoms with E-state index in [-0.39, 0.29) is 24.0 Å². The molecule has 2 aromatic heterocycles. The molecule has 2 N–H and O–H groups in total. The van der Waals surface area contributed by atoms with Crippen LogP contribution < -0.4 is 10.6 Å². The highest BCUT2D eigenvalue weighted by atomic mass is 127. The molecular formula is C13H22IN7. The van der Waals surface area contributed by atoms with Crippen LogP contribution in [0.4, 0.5) is 0 Å². The molecule has 0 atom stereocenters. The van der Waals surface area contributed by atoms with Crippen LogP contribution in [0, 0.1) is 0 Å². The van der Waals surface area contributed by atoms with Crippen LogP contribution in [0.1, 0.15) is 18.3 Å². The first-order valence-corrected chi connectivity index (χ1v) is 6.66. The summed E-state index contributed by atoms with van der Waals surface area (Å²) in [4.78, 5) is 4.55. The van der Waals surface area contributed by atoms with Gasteiger partial charge in [-0.3, -0.25) is 9.36 Å². The number of hydrogen-bond donors (Lipinski definition) is 2. The Morgan fingerprint density at radius 2 is 1.71 bits per heavy atom. The minimum atomic E-state index is 0. The van der Waals surface area contributed by atoms with Crippen molar-refractivity contribution in [3.63, 3.8) is 0 Å². The third kappa shape index (κ3) is 5.03. The van der Waals surface area contributed by atoms with Gasteiger partial charge in [0.1, 0.15) is 0 Å². The molecule has 0 aliphatic carbocycles. The average Bonchev–Trinajstić information content (AvgIpc) is 3.02. The van der Waals surface area contributed by atoms with E-state index in [9.17, 15) is 0 Å². The first kappa shape index (κ1) is 17.5. The molecule has 0 fully saturated rings. The monoisotopic (exact) mass is 403 g/mol. The van der Waals surface area contributed by atoms with Gasteiger partial charge in [0.15, 0.2) is 5.96 Å². The molecule has 7 nitrogen and oxygen atoms in total. The summed E-state index contributed by atoms with van der Waals surface area (Å²) in [5.41, 5.74) is 2.18. The predicted octanol–water partition coefficient (Wildman–Crippen LogP) is 1.03. The molecule has 8 heteroatoms. The highest BCUT2D eigenvalue weighted by Gasteiger charge is 2.02. The Morgan fingerprint density at radius 3 is 2.24 bits per heavy atom. The van der Waals surface area contributed by atoms with Crippen molar-refractivity contribution in [2.24, 2.45) is 19.1 Å². The van der Waals surface area contributed by atoms with Crippen LogP contribution in [0.25, 0.3) is 0 Å². The Morgan fingerprint density at radius 1 is 1.10 bits per heavy atom. The second kappa shape index (κ2) is 8.65. The van der Waals surface area contributed by atoms with E-state index in [1.165, 1.54) is 0 Å². The zero-order valence-corrected chi connectivity index (χ0v) is 14.9. The van der Waals surface area contributed by atoms with Gasteiger partial charge < -0.3 is 10.6 Å². The number of guanidine groups is 1. The van der Waals surface area contributed by atoms with Crippen molar-refractivity contribution in [2.45, 2.75) is 20.0 Å². The maximum atomic E-state index is 4.55. The largest absolute Gasteiger partial charge is 0.357 e. The molecule has 21 heavy (non-hydrogen) atoms. The molecule has 0 aliphatic heterocycles. The fourth-order valence-electron chi connectivity index (χ4n) is 1.81. The molecule has 0 saturated carbocycles. The molecule has 2 aromatic rings. The zero-order chi connectivity index (χ0) is 14.4. The van der Waals surface area contributed by atoms with Crippen molar-refractivity contribution < 1.29 is 0 Å². The molecule has 0 saturated heterocycles. The van der Waals surface area contributed by atoms with Crippen LogP contribution >= 0.6 is 24.0 Å². The second-order valence-corrected chi connectivity index (χ2v) is 4.44. The SMILES string of the molecule is CCNC(=NCc1ccnn1C)NCc1ccnn1C.I. The third-order valence-electron chi connectivity index (χ3n) is 3.03. The van der Waals surface area contributed by atoms with Crippen molar-refractivity contribution in [2.75, 3.05) is 6.54 Å². The zero-order valence-electron chi connectivity index (χ0n) is 12.6. The van der Waals surface area contributed by atoms with Crippen LogP contribution in [0.3, 0.4) is 0 Å². The molecule has 116 valence electrons. The van der Waals surface area contributed by atoms with E-state index >= 15 is 0 Å². The van der Waals surface area contributed by atoms with Gasteiger partial charge >= 0.3 is 0 Å². The lowest BCUT2D eigenvalue weighted by molar-refractivity contribution is 0.680. The molecule has 2 rings (SSSR count). The van der Waals surface area contributed by atoms with Gasteiger partial charge in [0.25, 0.3) is 0 Å². The minimum Gasteiger partial charge on any atom is -0.357 e. The lowest BCUT2D eigenvalue weighted by Crippen LogP contribution is -2.37. The Hall–Kier alpha value is -1.58. The van der Waals surface area contributed by atoms with Crippen molar-refractivity contribution in [3.8, 4) is 0 Å². The summed E-state index contributed by atoms with van der Waals surface area (Å²) in [6.07, 6.45) is 3.57. The number of aliphatic imine (C=N–C) groups is 1. The minimum absolute atomic E-state index is 0. The number of aromatic nitrogens is 4. The Balaban J connectivity index is 0.00000220. The summed E-state index contributed by atoms with van der Waals surface area (Å²) in [7, 11) is 3.84. The first-order chi connectivity index (χ1) is 9.70. The van der Waals surface area contributed by atoms with Crippen LogP contribution in [0.2, 0.25) is 0 Å². The fraction of sp³-hybridized carbons (Fsp3) is 0.462. The number of hydrogen-bond acceptors (Lipinski definition) is 3. The predicted molar refractivity (Wildman–Crippen MR) is 93.5 cm³/mol. The van der Waals surface area contributed by atoms with Gasteiger partial charge in [-0.05, 0) is 19.1 Å². The maximum Gasteiger partial charge on any atom is 0.191 e. The highest BCUT2D eigenvalue weighted by molar-refractivity contribution is 14.0. The summed E-state index contributed by atoms with van der Waals surface area (Å²) >= 11 is 0. The molecule has 0 bridgehead atoms. The van der Waals surface area contributed by atoms with E-state index in [4.69, 9.17) is 0 Å². The van der Waals surface area contributed by atoms with Crippen molar-refractivity contribution >= 4 is 29.9 Å². The number of nitrogens with zero attached hydrogens (tertiary/aromatic N) is 5. The van der Waals surface area contributed by atoms with Crippen molar-refractivity contribution in [3.05, 3.63) is 35.9 Å². The van der Waals surface area contributed by atoms with Crippen molar-refractivity contribution in [1.29, 1.82) is 0 Å². The van der Waals surface area contributed by atoms with E-state index in [2.05, 4.69) is 25.8 Å². The number of aryl methyl sites for hydroxylation is 2. The van der Waals surface area contributed by atoms with Gasteiger partial charge in [0, 0.05) is 33.0 Å². The summed E-state index contributed by atoms with van der Waals surface area (Å²) in [6.45, 7) is 4.15. The quantitative estimate of drug-likeness (QED) is 0.445. The Kier molecular flexibility index (Phi) is 7.20. The molecule has 0 aromatic carbocycles. The third-order valence-corrected chi connectivity index (χ3v) is 3.03. The van der Waals surface area contributed by atoms with E-state index in [0.717, 1.165) is 23.9 Å². The van der Waals surface area contributed by atoms with Gasteiger partial charge in [-0.15, -0.1) is 24.0 Å². The molecule has 0 unspecified atom stereocenters. The first-order valence-electron chi connectivity index (χ1n) is 6.66. The summed E-state index contributed by atoms with van der Waals surface area (Å²) in [5.74, 6) is 0.787. The summed E-state index contributed by atoms with van der Waals surface area (Å²) in [5, 5.41) is 14.8. The van der Waals surface area contributed by atoms with E-state index in [1.807, 2.05) is 42.5 Å². The number of nitrogens with one attached hydrogen (secondary N) is 2. The van der Waals surface area contributed by atoms with E-state index in [1.54, 1.807) is 12.4 Å². The fourth-order valence-corrected chi connectivity index (χ4v) is 1.81. The standard InChI is InChI=1S/C13H21N7.HI/c1-4-14-13(15-9-11-5-7-17-19(11)2)16-10-12-6-8-18-20(12)3;/h5-8H,4,9-10H2,1-3H3,(H2,14,15,16);1H. The van der Waals surface area contributed by atoms with E-state index in [0.29, 0.717) is 13.1 Å². The van der Waals surface area contributed by atoms with E-state index < -0.39 is 0 Å². The smallest absolute Gasteiger partial charge is 0.191 e. The van der Waals surface area contributed by atoms with Gasteiger partial charge in [0.2, 0.25) is 0 Å². The molecule has 0 radical (unpaired) electrons. The van der Waals surface area contributed by atoms with Gasteiger partial charge in [-0.1, -0.05) is 0 Å². The van der Waals surface area contributed by atoms with Gasteiger partial charge in [0.05, 0.1) is 24.5 Å². The number of halogens is 1. The molecular weight excluding hydrogens is 381 g/mol. The van der Waals surface area contributed by atoms with Crippen molar-refractivity contribution in [1.82, 2.24) is 30.2 Å². The van der Waals surface area contributed by atoms with Gasteiger partial charge in [-0.25, -0.2) is 4.99 Å². The highest BCUT2D eigenvalue weighted by Crippen LogP contribution is 1.99. The molecule has 0 amide bonds. The van der Waals surface area contributed by atoms with Crippen LogP contribution in [0.5, 0.6) is 0 Å². The lowest BCUT2D eigenvalue weighted by atomic mass is 10.4. The number of rotatable bonds is 5. The summed E-state index contributed by atoms with van der Waals surface area (Å²) < 4.78 is 3.67. The normalized spacial score (nSPS) is 11.1. The molecule has 0 spiro atoms.